The Bertz CT molecular complexity index is 354. The highest BCUT2D eigenvalue weighted by atomic mass is 79.9. The Labute approximate surface area is 82.2 Å². The number of pyridine rings is 1. The SMILES string of the molecule is COC(=O)c1cc(N=O)cnc1Br. The molecule has 0 saturated heterocycles. The van der Waals surface area contributed by atoms with Crippen LogP contribution in [0.1, 0.15) is 10.4 Å². The van der Waals surface area contributed by atoms with Gasteiger partial charge >= 0.3 is 5.97 Å². The lowest BCUT2D eigenvalue weighted by atomic mass is 10.3. The minimum Gasteiger partial charge on any atom is -0.465 e. The number of rotatable bonds is 2. The molecule has 0 radical (unpaired) electrons. The topological polar surface area (TPSA) is 68.6 Å². The zero-order valence-corrected chi connectivity index (χ0v) is 8.24. The lowest BCUT2D eigenvalue weighted by molar-refractivity contribution is 0.0599. The van der Waals surface area contributed by atoms with Crippen molar-refractivity contribution in [1.29, 1.82) is 0 Å². The van der Waals surface area contributed by atoms with E-state index in [1.165, 1.54) is 19.4 Å². The van der Waals surface area contributed by atoms with Crippen LogP contribution in [0.5, 0.6) is 0 Å². The first-order chi connectivity index (χ1) is 6.19. The Morgan fingerprint density at radius 2 is 2.38 bits per heavy atom. The van der Waals surface area contributed by atoms with E-state index in [1.807, 2.05) is 0 Å². The van der Waals surface area contributed by atoms with Gasteiger partial charge in [0.25, 0.3) is 0 Å². The highest BCUT2D eigenvalue weighted by Gasteiger charge is 2.12. The molecule has 13 heavy (non-hydrogen) atoms. The molecule has 0 aliphatic rings. The smallest absolute Gasteiger partial charge is 0.340 e. The zero-order valence-electron chi connectivity index (χ0n) is 6.65. The van der Waals surface area contributed by atoms with E-state index in [-0.39, 0.29) is 11.3 Å². The molecule has 1 rings (SSSR count). The van der Waals surface area contributed by atoms with Crippen LogP contribution >= 0.6 is 15.9 Å². The number of ether oxygens (including phenoxy) is 1. The van der Waals surface area contributed by atoms with Crippen molar-refractivity contribution in [3.63, 3.8) is 0 Å². The molecule has 1 aromatic heterocycles. The summed E-state index contributed by atoms with van der Waals surface area (Å²) in [7, 11) is 1.25. The van der Waals surface area contributed by atoms with Gasteiger partial charge in [0.15, 0.2) is 0 Å². The van der Waals surface area contributed by atoms with E-state index in [4.69, 9.17) is 0 Å². The van der Waals surface area contributed by atoms with Crippen molar-refractivity contribution >= 4 is 27.6 Å². The third-order valence-corrected chi connectivity index (χ3v) is 1.97. The second-order valence-corrected chi connectivity index (χ2v) is 2.87. The molecule has 6 heteroatoms. The van der Waals surface area contributed by atoms with Gasteiger partial charge in [-0.25, -0.2) is 9.78 Å². The first-order valence-electron chi connectivity index (χ1n) is 3.26. The summed E-state index contributed by atoms with van der Waals surface area (Å²) in [5.74, 6) is -0.565. The van der Waals surface area contributed by atoms with Gasteiger partial charge in [-0.2, -0.15) is 0 Å². The number of nitroso groups, excluding NO2 is 1. The third kappa shape index (κ3) is 2.09. The summed E-state index contributed by atoms with van der Waals surface area (Å²) in [5, 5.41) is 2.65. The largest absolute Gasteiger partial charge is 0.465 e. The molecule has 0 aromatic carbocycles. The minimum absolute atomic E-state index is 0.0867. The molecule has 0 bridgehead atoms. The molecule has 0 N–H and O–H groups in total. The fourth-order valence-corrected chi connectivity index (χ4v) is 1.12. The van der Waals surface area contributed by atoms with Crippen molar-refractivity contribution in [3.8, 4) is 0 Å². The number of hydrogen-bond donors (Lipinski definition) is 0. The third-order valence-electron chi connectivity index (χ3n) is 1.34. The lowest BCUT2D eigenvalue weighted by Gasteiger charge is -2.00. The Morgan fingerprint density at radius 1 is 1.69 bits per heavy atom. The summed E-state index contributed by atoms with van der Waals surface area (Å²) in [6.07, 6.45) is 1.25. The normalized spacial score (nSPS) is 9.38. The van der Waals surface area contributed by atoms with Crippen LogP contribution in [0.25, 0.3) is 0 Å². The van der Waals surface area contributed by atoms with Gasteiger partial charge in [0.1, 0.15) is 10.3 Å². The Morgan fingerprint density at radius 3 is 2.92 bits per heavy atom. The first kappa shape index (κ1) is 9.79. The van der Waals surface area contributed by atoms with Gasteiger partial charge in [0, 0.05) is 0 Å². The Balaban J connectivity index is 3.18. The van der Waals surface area contributed by atoms with Crippen LogP contribution in [-0.2, 0) is 4.74 Å². The fourth-order valence-electron chi connectivity index (χ4n) is 0.740. The maximum Gasteiger partial charge on any atom is 0.340 e. The number of halogens is 1. The van der Waals surface area contributed by atoms with E-state index in [0.717, 1.165) is 0 Å². The number of aromatic nitrogens is 1. The van der Waals surface area contributed by atoms with Gasteiger partial charge in [0.2, 0.25) is 0 Å². The molecule has 68 valence electrons. The molecular weight excluding hydrogens is 240 g/mol. The van der Waals surface area contributed by atoms with Crippen molar-refractivity contribution in [2.24, 2.45) is 5.18 Å². The highest BCUT2D eigenvalue weighted by Crippen LogP contribution is 2.20. The van der Waals surface area contributed by atoms with Gasteiger partial charge in [-0.3, -0.25) is 0 Å². The molecule has 0 aliphatic carbocycles. The number of carbonyl (C=O) groups is 1. The summed E-state index contributed by atoms with van der Waals surface area (Å²) in [6, 6.07) is 1.30. The number of methoxy groups -OCH3 is 1. The van der Waals surface area contributed by atoms with E-state index in [2.05, 4.69) is 30.8 Å². The van der Waals surface area contributed by atoms with Crippen LogP contribution in [0.15, 0.2) is 22.0 Å². The molecular formula is C7H5BrN2O3. The average molecular weight is 245 g/mol. The molecule has 0 amide bonds. The average Bonchev–Trinajstić information content (AvgIpc) is 2.17. The van der Waals surface area contributed by atoms with Gasteiger partial charge in [-0.05, 0) is 27.2 Å². The van der Waals surface area contributed by atoms with Crippen molar-refractivity contribution in [1.82, 2.24) is 4.98 Å². The molecule has 5 nitrogen and oxygen atoms in total. The summed E-state index contributed by atoms with van der Waals surface area (Å²) < 4.78 is 4.79. The van der Waals surface area contributed by atoms with Crippen LogP contribution in [-0.4, -0.2) is 18.1 Å². The first-order valence-corrected chi connectivity index (χ1v) is 4.05. The Hall–Kier alpha value is -1.30. The monoisotopic (exact) mass is 244 g/mol. The molecule has 0 aliphatic heterocycles. The summed E-state index contributed by atoms with van der Waals surface area (Å²) in [4.78, 5) is 24.9. The fraction of sp³-hybridized carbons (Fsp3) is 0.143. The molecule has 1 aromatic rings. The van der Waals surface area contributed by atoms with E-state index in [0.29, 0.717) is 4.60 Å². The van der Waals surface area contributed by atoms with Crippen LogP contribution in [0.4, 0.5) is 5.69 Å². The Kier molecular flexibility index (Phi) is 3.07. The maximum atomic E-state index is 11.1. The number of carbonyl (C=O) groups excluding carboxylic acids is 1. The van der Waals surface area contributed by atoms with Gasteiger partial charge in [0.05, 0.1) is 18.9 Å². The maximum absolute atomic E-state index is 11.1. The van der Waals surface area contributed by atoms with Crippen LogP contribution in [0.3, 0.4) is 0 Å². The molecule has 0 unspecified atom stereocenters. The van der Waals surface area contributed by atoms with Crippen molar-refractivity contribution < 1.29 is 9.53 Å². The van der Waals surface area contributed by atoms with Crippen LogP contribution in [0, 0.1) is 4.91 Å². The van der Waals surface area contributed by atoms with E-state index in [9.17, 15) is 9.70 Å². The second-order valence-electron chi connectivity index (χ2n) is 2.11. The predicted molar refractivity (Wildman–Crippen MR) is 48.7 cm³/mol. The highest BCUT2D eigenvalue weighted by molar-refractivity contribution is 9.10. The van der Waals surface area contributed by atoms with Gasteiger partial charge in [-0.1, -0.05) is 0 Å². The number of nitrogens with zero attached hydrogens (tertiary/aromatic N) is 2. The number of esters is 1. The summed E-state index contributed by atoms with van der Waals surface area (Å²) in [5.41, 5.74) is 0.267. The molecule has 0 spiro atoms. The number of hydrogen-bond acceptors (Lipinski definition) is 5. The van der Waals surface area contributed by atoms with E-state index in [1.54, 1.807) is 0 Å². The quantitative estimate of drug-likeness (QED) is 0.454. The minimum atomic E-state index is -0.565. The summed E-state index contributed by atoms with van der Waals surface area (Å²) >= 11 is 3.05. The predicted octanol–water partition coefficient (Wildman–Crippen LogP) is 2.03. The van der Waals surface area contributed by atoms with E-state index < -0.39 is 5.97 Å². The molecule has 0 fully saturated rings. The van der Waals surface area contributed by atoms with Crippen LogP contribution in [0.2, 0.25) is 0 Å². The van der Waals surface area contributed by atoms with Crippen molar-refractivity contribution in [2.75, 3.05) is 7.11 Å². The lowest BCUT2D eigenvalue weighted by Crippen LogP contribution is -2.02. The van der Waals surface area contributed by atoms with E-state index >= 15 is 0 Å². The van der Waals surface area contributed by atoms with Crippen molar-refractivity contribution in [3.05, 3.63) is 27.3 Å². The standard InChI is InChI=1S/C7H5BrN2O3/c1-13-7(11)5-2-4(10-12)3-9-6(5)8/h2-3H,1H3. The van der Waals surface area contributed by atoms with Crippen LogP contribution < -0.4 is 0 Å². The molecule has 0 atom stereocenters. The second kappa shape index (κ2) is 4.08. The van der Waals surface area contributed by atoms with Gasteiger partial charge < -0.3 is 4.74 Å². The molecule has 0 saturated carbocycles. The molecule has 1 heterocycles. The van der Waals surface area contributed by atoms with Gasteiger partial charge in [-0.15, -0.1) is 4.91 Å². The van der Waals surface area contributed by atoms with Crippen molar-refractivity contribution in [2.45, 2.75) is 0 Å². The summed E-state index contributed by atoms with van der Waals surface area (Å²) in [6.45, 7) is 0. The zero-order chi connectivity index (χ0) is 9.84.